The van der Waals surface area contributed by atoms with E-state index in [0.29, 0.717) is 23.5 Å². The number of hydrogen-bond acceptors (Lipinski definition) is 10. The number of carbonyl (C=O) groups is 1. The number of nitrogens with one attached hydrogen (secondary N) is 1. The molecule has 0 saturated heterocycles. The predicted octanol–water partition coefficient (Wildman–Crippen LogP) is 3.02. The fraction of sp³-hybridized carbons (Fsp3) is 0.667. The van der Waals surface area contributed by atoms with Crippen LogP contribution in [0.3, 0.4) is 0 Å². The molecule has 0 radical (unpaired) electrons. The van der Waals surface area contributed by atoms with Crippen LogP contribution < -0.4 is 5.32 Å². The average molecular weight is 434 g/mol. The van der Waals surface area contributed by atoms with Gasteiger partial charge in [-0.05, 0) is 43.3 Å². The second-order valence-corrected chi connectivity index (χ2v) is 7.02. The predicted molar refractivity (Wildman–Crippen MR) is 110 cm³/mol. The smallest absolute Gasteiger partial charge is 0.431 e. The van der Waals surface area contributed by atoms with Crippen LogP contribution in [0.25, 0.3) is 21.6 Å². The first-order valence-electron chi connectivity index (χ1n) is 10.2. The van der Waals surface area contributed by atoms with Gasteiger partial charge in [0.05, 0.1) is 12.9 Å². The van der Waals surface area contributed by atoms with Crippen molar-refractivity contribution in [2.24, 2.45) is 5.11 Å². The number of azide groups is 1. The Hall–Kier alpha value is -3.15. The maximum absolute atomic E-state index is 11.9. The van der Waals surface area contributed by atoms with E-state index in [2.05, 4.69) is 30.3 Å². The third kappa shape index (κ3) is 6.17. The lowest BCUT2D eigenvalue weighted by Gasteiger charge is -2.22. The molecule has 1 unspecified atom stereocenters. The van der Waals surface area contributed by atoms with Crippen molar-refractivity contribution < 1.29 is 24.1 Å². The highest BCUT2D eigenvalue weighted by molar-refractivity contribution is 5.83. The molecule has 0 amide bonds. The first-order valence-corrected chi connectivity index (χ1v) is 10.2. The van der Waals surface area contributed by atoms with Crippen LogP contribution in [-0.4, -0.2) is 62.7 Å². The fourth-order valence-electron chi connectivity index (χ4n) is 3.26. The Morgan fingerprint density at radius 1 is 1.42 bits per heavy atom. The van der Waals surface area contributed by atoms with E-state index in [9.17, 15) is 9.90 Å². The summed E-state index contributed by atoms with van der Waals surface area (Å²) in [6.07, 6.45) is 4.79. The van der Waals surface area contributed by atoms with Crippen LogP contribution in [0.5, 0.6) is 0 Å². The zero-order valence-corrected chi connectivity index (χ0v) is 17.3. The van der Waals surface area contributed by atoms with E-state index in [0.717, 1.165) is 32.1 Å². The minimum Gasteiger partial charge on any atom is -0.431 e. The summed E-state index contributed by atoms with van der Waals surface area (Å²) < 4.78 is 17.6. The molecule has 1 saturated carbocycles. The van der Waals surface area contributed by atoms with Crippen LogP contribution in [0, 0.1) is 0 Å². The van der Waals surface area contributed by atoms with Crippen molar-refractivity contribution >= 4 is 29.1 Å². The summed E-state index contributed by atoms with van der Waals surface area (Å²) in [7, 11) is 0. The maximum Gasteiger partial charge on any atom is 0.508 e. The van der Waals surface area contributed by atoms with E-state index in [1.54, 1.807) is 4.57 Å². The van der Waals surface area contributed by atoms with E-state index in [1.165, 1.54) is 6.33 Å². The molecule has 2 heterocycles. The Labute approximate surface area is 178 Å². The van der Waals surface area contributed by atoms with Gasteiger partial charge in [-0.2, -0.15) is 0 Å². The molecule has 13 heteroatoms. The van der Waals surface area contributed by atoms with Gasteiger partial charge in [0.25, 0.3) is 0 Å². The highest BCUT2D eigenvalue weighted by atomic mass is 16.7. The van der Waals surface area contributed by atoms with Gasteiger partial charge in [-0.1, -0.05) is 6.42 Å². The summed E-state index contributed by atoms with van der Waals surface area (Å²) in [4.78, 5) is 27.2. The summed E-state index contributed by atoms with van der Waals surface area (Å²) in [5, 5.41) is 16.1. The van der Waals surface area contributed by atoms with Crippen molar-refractivity contribution in [2.45, 2.75) is 58.0 Å². The first-order chi connectivity index (χ1) is 15.1. The number of rotatable bonds is 10. The lowest BCUT2D eigenvalue weighted by atomic mass is 9.98. The molecule has 1 atom stereocenters. The monoisotopic (exact) mass is 434 g/mol. The number of nitrogens with zero attached hydrogens (tertiary/aromatic N) is 7. The van der Waals surface area contributed by atoms with Crippen LogP contribution in [0.1, 0.15) is 39.0 Å². The Balaban J connectivity index is 1.59. The Morgan fingerprint density at radius 2 is 2.23 bits per heavy atom. The minimum atomic E-state index is -0.761. The molecule has 0 bridgehead atoms. The van der Waals surface area contributed by atoms with Gasteiger partial charge < -0.3 is 24.6 Å². The van der Waals surface area contributed by atoms with E-state index >= 15 is 0 Å². The Morgan fingerprint density at radius 3 is 2.94 bits per heavy atom. The largest absolute Gasteiger partial charge is 0.508 e. The second-order valence-electron chi connectivity index (χ2n) is 7.02. The number of aliphatic hydroxyl groups is 1. The van der Waals surface area contributed by atoms with Gasteiger partial charge in [0.1, 0.15) is 25.5 Å². The first kappa shape index (κ1) is 22.5. The number of fused-ring (bicyclic) bond motifs is 1. The van der Waals surface area contributed by atoms with Crippen LogP contribution >= 0.6 is 0 Å². The molecule has 0 aromatic carbocycles. The van der Waals surface area contributed by atoms with Crippen LogP contribution in [0.4, 0.5) is 16.6 Å². The highest BCUT2D eigenvalue weighted by Crippen LogP contribution is 2.23. The molecule has 2 aromatic heterocycles. The normalized spacial score (nSPS) is 15.3. The number of hydrogen-bond donors (Lipinski definition) is 2. The molecule has 3 rings (SSSR count). The lowest BCUT2D eigenvalue weighted by molar-refractivity contribution is -0.0674. The molecule has 2 aromatic rings. The fourth-order valence-corrected chi connectivity index (χ4v) is 3.26. The minimum absolute atomic E-state index is 0.0267. The quantitative estimate of drug-likeness (QED) is 0.247. The lowest BCUT2D eigenvalue weighted by Crippen LogP contribution is -2.28. The Kier molecular flexibility index (Phi) is 8.21. The van der Waals surface area contributed by atoms with Gasteiger partial charge in [-0.3, -0.25) is 4.57 Å². The third-order valence-corrected chi connectivity index (χ3v) is 4.79. The molecular formula is C18H26N8O5. The average Bonchev–Trinajstić information content (AvgIpc) is 3.18. The number of carbonyl (C=O) groups excluding carboxylic acids is 1. The summed E-state index contributed by atoms with van der Waals surface area (Å²) in [6.45, 7) is 1.95. The molecular weight excluding hydrogens is 408 g/mol. The van der Waals surface area contributed by atoms with Gasteiger partial charge in [-0.25, -0.2) is 19.7 Å². The number of ether oxygens (including phenoxy) is 3. The maximum atomic E-state index is 11.9. The summed E-state index contributed by atoms with van der Waals surface area (Å²) in [6, 6.07) is 0. The molecule has 13 nitrogen and oxygen atoms in total. The van der Waals surface area contributed by atoms with Gasteiger partial charge in [0.2, 0.25) is 5.95 Å². The Bertz CT molecular complexity index is 923. The van der Waals surface area contributed by atoms with E-state index < -0.39 is 12.3 Å². The van der Waals surface area contributed by atoms with Crippen molar-refractivity contribution in [3.8, 4) is 0 Å². The van der Waals surface area contributed by atoms with Crippen molar-refractivity contribution in [2.75, 3.05) is 25.1 Å². The third-order valence-electron chi connectivity index (χ3n) is 4.79. The van der Waals surface area contributed by atoms with Crippen molar-refractivity contribution in [1.29, 1.82) is 0 Å². The van der Waals surface area contributed by atoms with E-state index in [4.69, 9.17) is 19.7 Å². The number of aliphatic hydroxyl groups excluding tert-OH is 1. The van der Waals surface area contributed by atoms with Crippen LogP contribution in [0.15, 0.2) is 11.4 Å². The van der Waals surface area contributed by atoms with Crippen molar-refractivity contribution in [3.63, 3.8) is 0 Å². The summed E-state index contributed by atoms with van der Waals surface area (Å²) >= 11 is 0. The van der Waals surface area contributed by atoms with E-state index in [-0.39, 0.29) is 32.0 Å². The second kappa shape index (κ2) is 11.3. The number of aromatic nitrogens is 4. The van der Waals surface area contributed by atoms with Gasteiger partial charge in [0, 0.05) is 11.5 Å². The molecule has 31 heavy (non-hydrogen) atoms. The number of imidazole rings is 1. The zero-order chi connectivity index (χ0) is 22.1. The molecule has 168 valence electrons. The van der Waals surface area contributed by atoms with Gasteiger partial charge >= 0.3 is 6.16 Å². The topological polar surface area (TPSA) is 169 Å². The standard InChI is InChI=1S/C18H26N8O5/c1-2-20-15-14-16(23-17(22-15)24-25-19)26(10-21-14)11-30-13(8-27)9-29-18(28)31-12-6-4-3-5-7-12/h10,12-13,27H,2-9,11H2,1H3,(H,20,22,23). The van der Waals surface area contributed by atoms with Crippen LogP contribution in [-0.2, 0) is 20.9 Å². The molecule has 1 aliphatic carbocycles. The van der Waals surface area contributed by atoms with Gasteiger partial charge in [-0.15, -0.1) is 0 Å². The molecule has 2 N–H and O–H groups in total. The molecule has 1 fully saturated rings. The number of anilines is 1. The molecule has 1 aliphatic rings. The summed E-state index contributed by atoms with van der Waals surface area (Å²) in [5.41, 5.74) is 9.55. The van der Waals surface area contributed by atoms with Crippen LogP contribution in [0.2, 0.25) is 0 Å². The highest BCUT2D eigenvalue weighted by Gasteiger charge is 2.20. The molecule has 0 aliphatic heterocycles. The summed E-state index contributed by atoms with van der Waals surface area (Å²) in [5.74, 6) is 0.376. The van der Waals surface area contributed by atoms with Crippen molar-refractivity contribution in [1.82, 2.24) is 19.5 Å². The zero-order valence-electron chi connectivity index (χ0n) is 17.3. The van der Waals surface area contributed by atoms with Gasteiger partial charge in [0.15, 0.2) is 17.0 Å². The van der Waals surface area contributed by atoms with Crippen molar-refractivity contribution in [3.05, 3.63) is 16.8 Å². The molecule has 0 spiro atoms. The van der Waals surface area contributed by atoms with E-state index in [1.807, 2.05) is 6.92 Å². The SMILES string of the molecule is CCNc1nc(N=[N+]=[N-])nc2c1ncn2COC(CO)COC(=O)OC1CCCCC1.